The van der Waals surface area contributed by atoms with Crippen molar-refractivity contribution in [1.82, 2.24) is 0 Å². The van der Waals surface area contributed by atoms with Gasteiger partial charge in [0.1, 0.15) is 28.7 Å². The summed E-state index contributed by atoms with van der Waals surface area (Å²) < 4.78 is 16.7. The first-order chi connectivity index (χ1) is 40.0. The van der Waals surface area contributed by atoms with E-state index in [1.165, 1.54) is 51.4 Å². The van der Waals surface area contributed by atoms with E-state index in [2.05, 4.69) is 98.9 Å². The van der Waals surface area contributed by atoms with Crippen LogP contribution in [-0.4, -0.2) is 60.5 Å². The molecule has 8 aliphatic carbocycles. The third-order valence-corrected chi connectivity index (χ3v) is 20.2. The Bertz CT molecular complexity index is 3330. The van der Waals surface area contributed by atoms with Crippen molar-refractivity contribution in [2.24, 2.45) is 21.7 Å². The second-order valence-corrected chi connectivity index (χ2v) is 26.1. The molecule has 0 heterocycles. The molecule has 0 radical (unpaired) electrons. The number of benzene rings is 5. The highest BCUT2D eigenvalue weighted by Crippen LogP contribution is 2.54. The van der Waals surface area contributed by atoms with Crippen molar-refractivity contribution in [3.8, 4) is 28.7 Å². The molecule has 0 unspecified atom stereocenters. The van der Waals surface area contributed by atoms with E-state index >= 15 is 0 Å². The number of aromatic hydroxyl groups is 2. The first-order valence-electron chi connectivity index (χ1n) is 29.4. The lowest BCUT2D eigenvalue weighted by atomic mass is 9.61. The first kappa shape index (κ1) is 61.4. The van der Waals surface area contributed by atoms with Crippen LogP contribution < -0.4 is 14.2 Å². The molecule has 0 saturated carbocycles. The second-order valence-electron chi connectivity index (χ2n) is 25.0. The van der Waals surface area contributed by atoms with Gasteiger partial charge in [-0.2, -0.15) is 0 Å². The van der Waals surface area contributed by atoms with Gasteiger partial charge in [-0.3, -0.25) is 24.0 Å². The highest BCUT2D eigenvalue weighted by atomic mass is 127. The maximum absolute atomic E-state index is 11.7. The maximum atomic E-state index is 11.7. The predicted octanol–water partition coefficient (Wildman–Crippen LogP) is 15.3. The number of halogens is 1. The SMILES string of the molecule is COc1ccc(/C=C/C(C)=O)c(I)c1.COc1ccc2c(c1)CC[C@@]1(C)C=CC(=O)C[C@H]21.COc1ccc2c(c1)CC[C@@]1(C)C=CC(=O)C[C@H]21.C[C@]12C=CC(=O)C[C@@H]1c1ccc(O)cc1CC2.C[C@]12C=CC(=O)C[C@@H]1c1ccc(O)cc1CC2. The molecular formula is C73H79IO10. The van der Waals surface area contributed by atoms with Gasteiger partial charge in [0.2, 0.25) is 0 Å². The number of hydrogen-bond donors (Lipinski definition) is 2. The van der Waals surface area contributed by atoms with E-state index in [1.807, 2.05) is 60.7 Å². The van der Waals surface area contributed by atoms with E-state index in [4.69, 9.17) is 14.2 Å². The zero-order valence-corrected chi connectivity index (χ0v) is 51.9. The zero-order chi connectivity index (χ0) is 60.1. The van der Waals surface area contributed by atoms with Gasteiger partial charge in [0.05, 0.1) is 21.3 Å². The molecule has 8 atom stereocenters. The Balaban J connectivity index is 0.000000126. The summed E-state index contributed by atoms with van der Waals surface area (Å²) in [5, 5.41) is 19.0. The van der Waals surface area contributed by atoms with Gasteiger partial charge < -0.3 is 24.4 Å². The van der Waals surface area contributed by atoms with Crippen LogP contribution in [0.5, 0.6) is 28.7 Å². The number of ketones is 5. The van der Waals surface area contributed by atoms with Gasteiger partial charge in [-0.1, -0.05) is 88.4 Å². The fraction of sp³-hybridized carbons (Fsp3) is 0.384. The van der Waals surface area contributed by atoms with Crippen LogP contribution in [0.25, 0.3) is 6.08 Å². The smallest absolute Gasteiger partial charge is 0.156 e. The molecule has 0 amide bonds. The summed E-state index contributed by atoms with van der Waals surface area (Å²) in [6, 6.07) is 29.4. The van der Waals surface area contributed by atoms with Gasteiger partial charge >= 0.3 is 0 Å². The summed E-state index contributed by atoms with van der Waals surface area (Å²) >= 11 is 2.21. The monoisotopic (exact) mass is 1240 g/mol. The molecule has 11 heteroatoms. The van der Waals surface area contributed by atoms with Crippen LogP contribution in [0.4, 0.5) is 0 Å². The second kappa shape index (κ2) is 25.6. The minimum absolute atomic E-state index is 0.0524. The minimum atomic E-state index is 0.0524. The van der Waals surface area contributed by atoms with Crippen molar-refractivity contribution < 1.29 is 48.4 Å². The average Bonchev–Trinajstić information content (AvgIpc) is 2.30. The predicted molar refractivity (Wildman–Crippen MR) is 339 cm³/mol. The summed E-state index contributed by atoms with van der Waals surface area (Å²) in [5.41, 5.74) is 11.8. The van der Waals surface area contributed by atoms with Crippen LogP contribution >= 0.6 is 22.6 Å². The Hall–Kier alpha value is -7.12. The van der Waals surface area contributed by atoms with E-state index in [9.17, 15) is 34.2 Å². The van der Waals surface area contributed by atoms with Crippen molar-refractivity contribution >= 4 is 57.6 Å². The fourth-order valence-corrected chi connectivity index (χ4v) is 14.6. The molecule has 0 aromatic heterocycles. The van der Waals surface area contributed by atoms with Crippen LogP contribution in [0, 0.1) is 25.2 Å². The summed E-state index contributed by atoms with van der Waals surface area (Å²) in [6.45, 7) is 10.5. The van der Waals surface area contributed by atoms with E-state index in [0.29, 0.717) is 49.0 Å². The highest BCUT2D eigenvalue weighted by Gasteiger charge is 2.44. The minimum Gasteiger partial charge on any atom is -0.508 e. The Morgan fingerprint density at radius 3 is 1.07 bits per heavy atom. The number of rotatable bonds is 5. The van der Waals surface area contributed by atoms with Crippen LogP contribution in [0.2, 0.25) is 0 Å². The molecule has 84 heavy (non-hydrogen) atoms. The number of carbonyl (C=O) groups excluding carboxylic acids is 5. The molecule has 438 valence electrons. The van der Waals surface area contributed by atoms with Gasteiger partial charge in [0.15, 0.2) is 28.9 Å². The molecule has 13 rings (SSSR count). The van der Waals surface area contributed by atoms with E-state index < -0.39 is 0 Å². The largest absolute Gasteiger partial charge is 0.508 e. The third-order valence-electron chi connectivity index (χ3n) is 19.3. The van der Waals surface area contributed by atoms with Crippen molar-refractivity contribution in [3.63, 3.8) is 0 Å². The number of aryl methyl sites for hydroxylation is 4. The van der Waals surface area contributed by atoms with Crippen molar-refractivity contribution in [2.75, 3.05) is 21.3 Å². The number of carbonyl (C=O) groups is 5. The van der Waals surface area contributed by atoms with Gasteiger partial charge in [-0.25, -0.2) is 0 Å². The average molecular weight is 1240 g/mol. The van der Waals surface area contributed by atoms with E-state index in [-0.39, 0.29) is 62.4 Å². The Kier molecular flexibility index (Phi) is 18.7. The molecule has 0 spiro atoms. The Morgan fingerprint density at radius 1 is 0.464 bits per heavy atom. The molecular weight excluding hydrogens is 1160 g/mol. The Labute approximate surface area is 509 Å². The zero-order valence-electron chi connectivity index (χ0n) is 49.8. The van der Waals surface area contributed by atoms with Gasteiger partial charge in [0, 0.05) is 52.9 Å². The molecule has 10 nitrogen and oxygen atoms in total. The van der Waals surface area contributed by atoms with Crippen molar-refractivity contribution in [1.29, 1.82) is 0 Å². The van der Waals surface area contributed by atoms with E-state index in [1.54, 1.807) is 63.8 Å². The summed E-state index contributed by atoms with van der Waals surface area (Å²) in [6.07, 6.45) is 29.7. The standard InChI is InChI=1S/2C16H18O2.2C15H16O2.C11H11IO2/c2*1-16-7-5-11-9-13(18-2)3-4-14(11)15(16)10-12(17)6-8-16;2*1-15-6-4-10-8-11(16)2-3-13(10)14(15)9-12(17)5-7-15;1-8(13)3-4-9-5-6-10(14-2)7-11(9)12/h2*3-4,6,8-9,15H,5,7,10H2,1-2H3;2*2-3,5,7-8,14,16H,4,6,9H2,1H3;3-7H,1-2H3/b;;;;4-3+/t2*15-,16+;2*14-,15+;/m1111./s1. The van der Waals surface area contributed by atoms with Gasteiger partial charge in [0.25, 0.3) is 0 Å². The quantitative estimate of drug-likeness (QED) is 0.128. The first-order valence-corrected chi connectivity index (χ1v) is 30.5. The van der Waals surface area contributed by atoms with Gasteiger partial charge in [-0.05, 0) is 244 Å². The number of phenols is 2. The molecule has 0 fully saturated rings. The number of hydrogen-bond acceptors (Lipinski definition) is 10. The molecule has 0 aliphatic heterocycles. The summed E-state index contributed by atoms with van der Waals surface area (Å²) in [5.74, 6) is 5.53. The molecule has 5 aromatic rings. The van der Waals surface area contributed by atoms with Crippen LogP contribution in [-0.2, 0) is 49.7 Å². The summed E-state index contributed by atoms with van der Waals surface area (Å²) in [4.78, 5) is 57.3. The molecule has 2 N–H and O–H groups in total. The fourth-order valence-electron chi connectivity index (χ4n) is 13.9. The lowest BCUT2D eigenvalue weighted by molar-refractivity contribution is -0.117. The molecule has 0 bridgehead atoms. The number of ether oxygens (including phenoxy) is 3. The topological polar surface area (TPSA) is 154 Å². The number of allylic oxidation sites excluding steroid dienone is 9. The summed E-state index contributed by atoms with van der Waals surface area (Å²) in [7, 11) is 5.03. The maximum Gasteiger partial charge on any atom is 0.156 e. The van der Waals surface area contributed by atoms with Crippen molar-refractivity contribution in [2.45, 2.75) is 135 Å². The normalized spacial score (nSPS) is 27.0. The Morgan fingerprint density at radius 2 is 0.762 bits per heavy atom. The number of fused-ring (bicyclic) bond motifs is 12. The third kappa shape index (κ3) is 13.7. The van der Waals surface area contributed by atoms with Crippen molar-refractivity contribution in [3.05, 3.63) is 199 Å². The van der Waals surface area contributed by atoms with Crippen LogP contribution in [0.1, 0.15) is 160 Å². The van der Waals surface area contributed by atoms with E-state index in [0.717, 1.165) is 77.7 Å². The lowest BCUT2D eigenvalue weighted by Gasteiger charge is -2.42. The van der Waals surface area contributed by atoms with Crippen LogP contribution in [0.3, 0.4) is 0 Å². The lowest BCUT2D eigenvalue weighted by Crippen LogP contribution is -2.33. The van der Waals surface area contributed by atoms with Gasteiger partial charge in [-0.15, -0.1) is 0 Å². The molecule has 0 saturated heterocycles. The number of methoxy groups -OCH3 is 3. The molecule has 8 aliphatic rings. The van der Waals surface area contributed by atoms with Crippen LogP contribution in [0.15, 0.2) is 146 Å². The highest BCUT2D eigenvalue weighted by molar-refractivity contribution is 14.1. The number of phenolic OH excluding ortho intramolecular Hbond substituents is 2. The molecule has 5 aromatic carbocycles.